The predicted molar refractivity (Wildman–Crippen MR) is 78.4 cm³/mol. The Morgan fingerprint density at radius 1 is 1.05 bits per heavy atom. The number of aryl methyl sites for hydroxylation is 1. The molecule has 1 aliphatic rings. The Kier molecular flexibility index (Phi) is 3.06. The molecule has 3 rings (SSSR count). The van der Waals surface area contributed by atoms with Crippen molar-refractivity contribution < 1.29 is 8.42 Å². The molecule has 0 heterocycles. The van der Waals surface area contributed by atoms with Gasteiger partial charge in [-0.2, -0.15) is 0 Å². The molecule has 0 saturated heterocycles. The second kappa shape index (κ2) is 4.76. The van der Waals surface area contributed by atoms with Crippen molar-refractivity contribution in [3.8, 4) is 0 Å². The van der Waals surface area contributed by atoms with Gasteiger partial charge in [-0.3, -0.25) is 0 Å². The first-order valence-corrected chi connectivity index (χ1v) is 7.69. The van der Waals surface area contributed by atoms with Gasteiger partial charge < -0.3 is 9.93 Å². The second-order valence-electron chi connectivity index (χ2n) is 4.75. The molecular weight excluding hydrogens is 272 g/mol. The zero-order valence-electron chi connectivity index (χ0n) is 10.9. The Morgan fingerprint density at radius 2 is 1.75 bits per heavy atom. The summed E-state index contributed by atoms with van der Waals surface area (Å²) in [6, 6.07) is 14.4. The van der Waals surface area contributed by atoms with E-state index >= 15 is 0 Å². The molecule has 4 nitrogen and oxygen atoms in total. The van der Waals surface area contributed by atoms with Gasteiger partial charge in [0, 0.05) is 12.1 Å². The Hall–Kier alpha value is -2.14. The molecule has 0 N–H and O–H groups in total. The average molecular weight is 285 g/mol. The summed E-state index contributed by atoms with van der Waals surface area (Å²) in [5.74, 6) is 0. The molecular formula is C15H13N2O2S-. The quantitative estimate of drug-likeness (QED) is 0.814. The van der Waals surface area contributed by atoms with Crippen LogP contribution in [0.15, 0.2) is 58.5 Å². The van der Waals surface area contributed by atoms with E-state index in [4.69, 9.17) is 0 Å². The topological polar surface area (TPSA) is 60.6 Å². The lowest BCUT2D eigenvalue weighted by molar-refractivity contribution is 0.602. The predicted octanol–water partition coefficient (Wildman–Crippen LogP) is 3.02. The minimum Gasteiger partial charge on any atom is -0.490 e. The molecule has 0 amide bonds. The van der Waals surface area contributed by atoms with E-state index in [-0.39, 0.29) is 4.90 Å². The first-order valence-electron chi connectivity index (χ1n) is 6.25. The van der Waals surface area contributed by atoms with Crippen molar-refractivity contribution >= 4 is 15.7 Å². The number of fused-ring (bicyclic) bond motifs is 1. The fourth-order valence-corrected chi connectivity index (χ4v) is 2.85. The summed E-state index contributed by atoms with van der Waals surface area (Å²) in [6.45, 7) is 1.90. The van der Waals surface area contributed by atoms with Crippen LogP contribution >= 0.6 is 0 Å². The second-order valence-corrected chi connectivity index (χ2v) is 6.34. The van der Waals surface area contributed by atoms with Gasteiger partial charge >= 0.3 is 0 Å². The summed E-state index contributed by atoms with van der Waals surface area (Å²) in [6.07, 6.45) is 0.670. The molecule has 0 unspecified atom stereocenters. The Balaban J connectivity index is 1.81. The van der Waals surface area contributed by atoms with Crippen LogP contribution in [0.25, 0.3) is 4.83 Å². The molecule has 102 valence electrons. The van der Waals surface area contributed by atoms with Crippen molar-refractivity contribution in [3.63, 3.8) is 0 Å². The number of rotatable bonds is 3. The van der Waals surface area contributed by atoms with Gasteiger partial charge in [0.2, 0.25) is 0 Å². The molecule has 20 heavy (non-hydrogen) atoms. The standard InChI is InChI=1S/C15H13N2O2S/c1-11-6-8-13(9-7-11)20(18,19)17-16-15-10-12-4-2-3-5-14(12)15/h2-9H,10H2,1H3/q-1/b16-15-. The zero-order chi connectivity index (χ0) is 14.2. The smallest absolute Gasteiger partial charge is 0.135 e. The Bertz CT molecular complexity index is 778. The fraction of sp³-hybridized carbons (Fsp3) is 0.133. The van der Waals surface area contributed by atoms with Gasteiger partial charge in [-0.05, 0) is 30.2 Å². The Morgan fingerprint density at radius 3 is 2.45 bits per heavy atom. The van der Waals surface area contributed by atoms with Gasteiger partial charge in [0.05, 0.1) is 4.90 Å². The van der Waals surface area contributed by atoms with Crippen molar-refractivity contribution in [1.82, 2.24) is 0 Å². The third kappa shape index (κ3) is 2.32. The van der Waals surface area contributed by atoms with Crippen LogP contribution in [0.3, 0.4) is 0 Å². The van der Waals surface area contributed by atoms with Crippen LogP contribution < -0.4 is 0 Å². The molecule has 2 aromatic rings. The summed E-state index contributed by atoms with van der Waals surface area (Å²) in [4.78, 5) is 3.70. The van der Waals surface area contributed by atoms with Crippen molar-refractivity contribution in [3.05, 3.63) is 70.1 Å². The van der Waals surface area contributed by atoms with E-state index in [2.05, 4.69) is 9.93 Å². The molecule has 0 atom stereocenters. The third-order valence-electron chi connectivity index (χ3n) is 3.27. The summed E-state index contributed by atoms with van der Waals surface area (Å²) < 4.78 is 24.1. The number of hydrogen-bond acceptors (Lipinski definition) is 3. The van der Waals surface area contributed by atoms with E-state index in [0.29, 0.717) is 6.42 Å². The van der Waals surface area contributed by atoms with Crippen LogP contribution in [0, 0.1) is 6.92 Å². The zero-order valence-corrected chi connectivity index (χ0v) is 11.8. The number of benzene rings is 2. The van der Waals surface area contributed by atoms with E-state index in [9.17, 15) is 8.42 Å². The van der Waals surface area contributed by atoms with Gasteiger partial charge in [0.1, 0.15) is 10.0 Å². The van der Waals surface area contributed by atoms with E-state index in [1.165, 1.54) is 5.56 Å². The Labute approximate surface area is 118 Å². The molecule has 2 aromatic carbocycles. The molecule has 0 saturated carbocycles. The number of hydrogen-bond donors (Lipinski definition) is 0. The van der Waals surface area contributed by atoms with Gasteiger partial charge in [-0.15, -0.1) is 0 Å². The van der Waals surface area contributed by atoms with Crippen LogP contribution in [0.1, 0.15) is 16.7 Å². The molecule has 0 spiro atoms. The normalized spacial score (nSPS) is 15.6. The van der Waals surface area contributed by atoms with Gasteiger partial charge in [-0.25, -0.2) is 8.42 Å². The first-order chi connectivity index (χ1) is 9.56. The van der Waals surface area contributed by atoms with Crippen LogP contribution in [-0.4, -0.2) is 14.1 Å². The van der Waals surface area contributed by atoms with E-state index in [1.807, 2.05) is 31.2 Å². The molecule has 0 aromatic heterocycles. The fourth-order valence-electron chi connectivity index (χ4n) is 2.07. The van der Waals surface area contributed by atoms with Crippen molar-refractivity contribution in [2.45, 2.75) is 18.2 Å². The minimum absolute atomic E-state index is 0.167. The number of nitrogens with zero attached hydrogens (tertiary/aromatic N) is 2. The lowest BCUT2D eigenvalue weighted by Gasteiger charge is -2.26. The molecule has 0 fully saturated rings. The summed E-state index contributed by atoms with van der Waals surface area (Å²) in [7, 11) is -3.71. The van der Waals surface area contributed by atoms with Gasteiger partial charge in [-0.1, -0.05) is 42.0 Å². The molecule has 1 aliphatic carbocycles. The molecule has 0 aliphatic heterocycles. The summed E-state index contributed by atoms with van der Waals surface area (Å²) >= 11 is 0. The summed E-state index contributed by atoms with van der Waals surface area (Å²) in [5.41, 5.74) is 3.88. The van der Waals surface area contributed by atoms with E-state index in [1.54, 1.807) is 24.3 Å². The SMILES string of the molecule is Cc1ccc(S(=O)(=O)[N-]/N=C2/Cc3ccccc32)cc1. The highest BCUT2D eigenvalue weighted by Gasteiger charge is 2.18. The van der Waals surface area contributed by atoms with Crippen LogP contribution in [0.4, 0.5) is 0 Å². The van der Waals surface area contributed by atoms with Crippen LogP contribution in [0.2, 0.25) is 0 Å². The lowest BCUT2D eigenvalue weighted by Crippen LogP contribution is -2.19. The molecule has 5 heteroatoms. The highest BCUT2D eigenvalue weighted by atomic mass is 32.2. The monoisotopic (exact) mass is 285 g/mol. The van der Waals surface area contributed by atoms with E-state index < -0.39 is 10.0 Å². The maximum atomic E-state index is 12.0. The van der Waals surface area contributed by atoms with Crippen LogP contribution in [0.5, 0.6) is 0 Å². The van der Waals surface area contributed by atoms with Gasteiger partial charge in [0.15, 0.2) is 0 Å². The minimum atomic E-state index is -3.71. The maximum absolute atomic E-state index is 12.0. The van der Waals surface area contributed by atoms with Gasteiger partial charge in [0.25, 0.3) is 0 Å². The highest BCUT2D eigenvalue weighted by Crippen LogP contribution is 2.25. The van der Waals surface area contributed by atoms with E-state index in [0.717, 1.165) is 16.8 Å². The largest absolute Gasteiger partial charge is 0.490 e. The first kappa shape index (κ1) is 12.9. The third-order valence-corrected chi connectivity index (χ3v) is 4.44. The average Bonchev–Trinajstić information content (AvgIpc) is 2.40. The van der Waals surface area contributed by atoms with Crippen molar-refractivity contribution in [1.29, 1.82) is 0 Å². The maximum Gasteiger partial charge on any atom is 0.135 e. The molecule has 0 bridgehead atoms. The van der Waals surface area contributed by atoms with Crippen LogP contribution in [-0.2, 0) is 16.4 Å². The number of sulfonamides is 1. The van der Waals surface area contributed by atoms with Crippen molar-refractivity contribution in [2.24, 2.45) is 5.10 Å². The highest BCUT2D eigenvalue weighted by molar-refractivity contribution is 7.93. The van der Waals surface area contributed by atoms with Crippen molar-refractivity contribution in [2.75, 3.05) is 0 Å². The summed E-state index contributed by atoms with van der Waals surface area (Å²) in [5, 5.41) is 3.89. The molecule has 0 radical (unpaired) electrons. The lowest BCUT2D eigenvalue weighted by atomic mass is 9.87.